The zero-order valence-electron chi connectivity index (χ0n) is 16.2. The number of benzene rings is 2. The second-order valence-electron chi connectivity index (χ2n) is 7.38. The normalized spacial score (nSPS) is 16.2. The average Bonchev–Trinajstić information content (AvgIpc) is 3.39. The van der Waals surface area contributed by atoms with Gasteiger partial charge in [-0.05, 0) is 43.7 Å². The molecule has 0 aliphatic carbocycles. The van der Waals surface area contributed by atoms with Gasteiger partial charge in [-0.15, -0.1) is 0 Å². The smallest absolute Gasteiger partial charge is 0.187 e. The predicted octanol–water partition coefficient (Wildman–Crippen LogP) is 3.83. The molecule has 1 saturated heterocycles. The SMILES string of the molecule is Nc1nc(C[C@H]2CCCN2)nc2n[nH]c(-c3ccc(Oc4ccccc4)cc3F)c12. The van der Waals surface area contributed by atoms with E-state index in [0.29, 0.717) is 57.9 Å². The molecule has 0 bridgehead atoms. The largest absolute Gasteiger partial charge is 0.457 e. The number of rotatable bonds is 5. The number of hydrogen-bond donors (Lipinski definition) is 3. The summed E-state index contributed by atoms with van der Waals surface area (Å²) in [6.07, 6.45) is 2.94. The lowest BCUT2D eigenvalue weighted by atomic mass is 10.1. The number of H-pyrrole nitrogens is 1. The summed E-state index contributed by atoms with van der Waals surface area (Å²) < 4.78 is 20.6. The Morgan fingerprint density at radius 2 is 1.97 bits per heavy atom. The Labute approximate surface area is 172 Å². The first-order valence-electron chi connectivity index (χ1n) is 9.94. The van der Waals surface area contributed by atoms with Crippen LogP contribution in [0.25, 0.3) is 22.3 Å². The lowest BCUT2D eigenvalue weighted by Crippen LogP contribution is -2.24. The highest BCUT2D eigenvalue weighted by atomic mass is 19.1. The van der Waals surface area contributed by atoms with Crippen LogP contribution in [0.5, 0.6) is 11.5 Å². The Hall–Kier alpha value is -3.52. The van der Waals surface area contributed by atoms with Gasteiger partial charge in [-0.3, -0.25) is 5.10 Å². The molecule has 0 unspecified atom stereocenters. The number of nitrogens with one attached hydrogen (secondary N) is 2. The molecular formula is C22H21FN6O. The maximum absolute atomic E-state index is 14.9. The number of hydrogen-bond acceptors (Lipinski definition) is 6. The summed E-state index contributed by atoms with van der Waals surface area (Å²) in [7, 11) is 0. The van der Waals surface area contributed by atoms with E-state index in [-0.39, 0.29) is 0 Å². The van der Waals surface area contributed by atoms with Crippen LogP contribution in [-0.2, 0) is 6.42 Å². The standard InChI is InChI=1S/C22H21FN6O/c23-17-12-15(30-14-6-2-1-3-7-14)8-9-16(17)20-19-21(24)26-18(27-22(19)29-28-20)11-13-5-4-10-25-13/h1-3,6-9,12-13,25H,4-5,10-11H2,(H3,24,26,27,28,29)/t13-/m1/s1. The molecule has 0 spiro atoms. The first-order chi connectivity index (χ1) is 14.7. The summed E-state index contributed by atoms with van der Waals surface area (Å²) >= 11 is 0. The molecule has 8 heteroatoms. The minimum atomic E-state index is -0.451. The minimum absolute atomic E-state index is 0.292. The molecule has 4 aromatic rings. The third-order valence-corrected chi connectivity index (χ3v) is 5.27. The fourth-order valence-corrected chi connectivity index (χ4v) is 3.82. The van der Waals surface area contributed by atoms with Gasteiger partial charge >= 0.3 is 0 Å². The van der Waals surface area contributed by atoms with E-state index >= 15 is 0 Å². The molecule has 30 heavy (non-hydrogen) atoms. The van der Waals surface area contributed by atoms with Gasteiger partial charge in [-0.1, -0.05) is 18.2 Å². The van der Waals surface area contributed by atoms with E-state index in [4.69, 9.17) is 10.5 Å². The maximum atomic E-state index is 14.9. The average molecular weight is 404 g/mol. The number of fused-ring (bicyclic) bond motifs is 1. The summed E-state index contributed by atoms with van der Waals surface area (Å²) in [5.41, 5.74) is 7.44. The monoisotopic (exact) mass is 404 g/mol. The fraction of sp³-hybridized carbons (Fsp3) is 0.227. The van der Waals surface area contributed by atoms with Crippen molar-refractivity contribution in [3.63, 3.8) is 0 Å². The van der Waals surface area contributed by atoms with Crippen LogP contribution in [0.15, 0.2) is 48.5 Å². The number of para-hydroxylation sites is 1. The number of nitrogen functional groups attached to an aromatic ring is 1. The molecule has 4 N–H and O–H groups in total. The van der Waals surface area contributed by atoms with E-state index in [1.54, 1.807) is 12.1 Å². The molecule has 1 aliphatic heterocycles. The summed E-state index contributed by atoms with van der Waals surface area (Å²) in [5, 5.41) is 11.1. The molecule has 2 aromatic carbocycles. The van der Waals surface area contributed by atoms with E-state index in [1.165, 1.54) is 6.07 Å². The highest BCUT2D eigenvalue weighted by Gasteiger charge is 2.20. The van der Waals surface area contributed by atoms with Crippen molar-refractivity contribution in [2.75, 3.05) is 12.3 Å². The molecular weight excluding hydrogens is 383 g/mol. The quantitative estimate of drug-likeness (QED) is 0.467. The van der Waals surface area contributed by atoms with Crippen molar-refractivity contribution >= 4 is 16.9 Å². The van der Waals surface area contributed by atoms with Crippen molar-refractivity contribution in [1.82, 2.24) is 25.5 Å². The van der Waals surface area contributed by atoms with Gasteiger partial charge in [0.2, 0.25) is 0 Å². The van der Waals surface area contributed by atoms with Gasteiger partial charge in [0, 0.05) is 24.1 Å². The summed E-state index contributed by atoms with van der Waals surface area (Å²) in [6.45, 7) is 1.01. The molecule has 2 aromatic heterocycles. The first kappa shape index (κ1) is 18.5. The number of nitrogens with zero attached hydrogens (tertiary/aromatic N) is 3. The summed E-state index contributed by atoms with van der Waals surface area (Å²) in [5.74, 6) is 1.53. The first-order valence-corrected chi connectivity index (χ1v) is 9.94. The maximum Gasteiger partial charge on any atom is 0.187 e. The zero-order chi connectivity index (χ0) is 20.5. The van der Waals surface area contributed by atoms with Crippen LogP contribution in [0.1, 0.15) is 18.7 Å². The number of halogens is 1. The highest BCUT2D eigenvalue weighted by Crippen LogP contribution is 2.33. The number of aromatic nitrogens is 4. The lowest BCUT2D eigenvalue weighted by Gasteiger charge is -2.10. The highest BCUT2D eigenvalue weighted by molar-refractivity contribution is 5.98. The molecule has 7 nitrogen and oxygen atoms in total. The van der Waals surface area contributed by atoms with Crippen molar-refractivity contribution in [1.29, 1.82) is 0 Å². The molecule has 1 aliphatic rings. The van der Waals surface area contributed by atoms with Crippen molar-refractivity contribution in [2.45, 2.75) is 25.3 Å². The second-order valence-corrected chi connectivity index (χ2v) is 7.38. The van der Waals surface area contributed by atoms with Crippen molar-refractivity contribution in [2.24, 2.45) is 0 Å². The van der Waals surface area contributed by atoms with Gasteiger partial charge in [-0.2, -0.15) is 5.10 Å². The topological polar surface area (TPSA) is 102 Å². The molecule has 5 rings (SSSR count). The number of nitrogens with two attached hydrogens (primary N) is 1. The second kappa shape index (κ2) is 7.72. The molecule has 1 fully saturated rings. The Balaban J connectivity index is 1.45. The minimum Gasteiger partial charge on any atom is -0.457 e. The zero-order valence-corrected chi connectivity index (χ0v) is 16.2. The van der Waals surface area contributed by atoms with E-state index in [1.807, 2.05) is 30.3 Å². The summed E-state index contributed by atoms with van der Waals surface area (Å²) in [6, 6.07) is 14.3. The van der Waals surface area contributed by atoms with Crippen LogP contribution in [-0.4, -0.2) is 32.8 Å². The van der Waals surface area contributed by atoms with E-state index < -0.39 is 5.82 Å². The molecule has 1 atom stereocenters. The fourth-order valence-electron chi connectivity index (χ4n) is 3.82. The molecule has 0 saturated carbocycles. The number of aromatic amines is 1. The van der Waals surface area contributed by atoms with E-state index in [0.717, 1.165) is 19.4 Å². The van der Waals surface area contributed by atoms with Crippen LogP contribution >= 0.6 is 0 Å². The van der Waals surface area contributed by atoms with Gasteiger partial charge in [0.15, 0.2) is 5.65 Å². The van der Waals surface area contributed by atoms with Crippen LogP contribution in [0, 0.1) is 5.82 Å². The van der Waals surface area contributed by atoms with Gasteiger partial charge < -0.3 is 15.8 Å². The number of ether oxygens (including phenoxy) is 1. The molecule has 152 valence electrons. The Kier molecular flexibility index (Phi) is 4.76. The van der Waals surface area contributed by atoms with Crippen LogP contribution in [0.2, 0.25) is 0 Å². The third-order valence-electron chi connectivity index (χ3n) is 5.27. The third kappa shape index (κ3) is 3.57. The van der Waals surface area contributed by atoms with Crippen LogP contribution in [0.4, 0.5) is 10.2 Å². The van der Waals surface area contributed by atoms with Gasteiger partial charge in [-0.25, -0.2) is 14.4 Å². The van der Waals surface area contributed by atoms with E-state index in [2.05, 4.69) is 25.5 Å². The van der Waals surface area contributed by atoms with Crippen LogP contribution in [0.3, 0.4) is 0 Å². The Morgan fingerprint density at radius 1 is 1.10 bits per heavy atom. The number of anilines is 1. The predicted molar refractivity (Wildman–Crippen MR) is 113 cm³/mol. The molecule has 0 radical (unpaired) electrons. The van der Waals surface area contributed by atoms with Crippen molar-refractivity contribution in [3.05, 3.63) is 60.2 Å². The molecule has 0 amide bonds. The van der Waals surface area contributed by atoms with Gasteiger partial charge in [0.05, 0.1) is 11.1 Å². The van der Waals surface area contributed by atoms with Crippen molar-refractivity contribution in [3.8, 4) is 22.8 Å². The van der Waals surface area contributed by atoms with Crippen molar-refractivity contribution < 1.29 is 9.13 Å². The molecule has 3 heterocycles. The Morgan fingerprint density at radius 3 is 2.73 bits per heavy atom. The van der Waals surface area contributed by atoms with E-state index in [9.17, 15) is 4.39 Å². The Bertz CT molecular complexity index is 1190. The van der Waals surface area contributed by atoms with Crippen LogP contribution < -0.4 is 15.8 Å². The lowest BCUT2D eigenvalue weighted by molar-refractivity contribution is 0.477. The van der Waals surface area contributed by atoms with Gasteiger partial charge in [0.1, 0.15) is 29.0 Å². The van der Waals surface area contributed by atoms with Gasteiger partial charge in [0.25, 0.3) is 0 Å². The summed E-state index contributed by atoms with van der Waals surface area (Å²) in [4.78, 5) is 8.97.